The van der Waals surface area contributed by atoms with Crippen molar-refractivity contribution in [1.82, 2.24) is 0 Å². The number of rotatable bonds is 2. The van der Waals surface area contributed by atoms with Gasteiger partial charge in [-0.2, -0.15) is 0 Å². The maximum Gasteiger partial charge on any atom is 0.342 e. The fraction of sp³-hybridized carbons (Fsp3) is 0.643. The SMILES string of the molecule is COC(=O)c1c(C)cc2c(c(C)c1=O)OC1(C)CCC3C(C)(C)OC(=O)CC(OC(C)=O)C3(C)C1C2. The zero-order valence-corrected chi connectivity index (χ0v) is 22.4. The number of fused-ring (bicyclic) bond motifs is 4. The van der Waals surface area contributed by atoms with Gasteiger partial charge in [0, 0.05) is 29.7 Å². The molecule has 0 bridgehead atoms. The van der Waals surface area contributed by atoms with Gasteiger partial charge in [-0.1, -0.05) is 13.0 Å². The predicted octanol–water partition coefficient (Wildman–Crippen LogP) is 3.83. The van der Waals surface area contributed by atoms with E-state index in [9.17, 15) is 19.2 Å². The normalized spacial score (nSPS) is 32.4. The fourth-order valence-electron chi connectivity index (χ4n) is 7.28. The maximum absolute atomic E-state index is 13.3. The van der Waals surface area contributed by atoms with Crippen molar-refractivity contribution in [3.8, 4) is 5.75 Å². The number of methoxy groups -OCH3 is 1. The van der Waals surface area contributed by atoms with Crippen molar-refractivity contribution >= 4 is 17.9 Å². The van der Waals surface area contributed by atoms with Crippen LogP contribution in [-0.2, 0) is 30.2 Å². The Balaban J connectivity index is 1.94. The average Bonchev–Trinajstić information content (AvgIpc) is 2.89. The summed E-state index contributed by atoms with van der Waals surface area (Å²) in [4.78, 5) is 50.7. The lowest BCUT2D eigenvalue weighted by atomic mass is 9.49. The summed E-state index contributed by atoms with van der Waals surface area (Å²) in [5.74, 6) is -1.29. The van der Waals surface area contributed by atoms with Gasteiger partial charge in [-0.25, -0.2) is 4.79 Å². The van der Waals surface area contributed by atoms with Crippen molar-refractivity contribution in [3.05, 3.63) is 38.5 Å². The van der Waals surface area contributed by atoms with Crippen molar-refractivity contribution in [2.45, 2.75) is 91.5 Å². The molecule has 8 nitrogen and oxygen atoms in total. The highest BCUT2D eigenvalue weighted by Crippen LogP contribution is 2.62. The predicted molar refractivity (Wildman–Crippen MR) is 131 cm³/mol. The van der Waals surface area contributed by atoms with Crippen LogP contribution in [0.25, 0.3) is 0 Å². The van der Waals surface area contributed by atoms with E-state index in [1.54, 1.807) is 13.8 Å². The van der Waals surface area contributed by atoms with E-state index in [1.807, 2.05) is 26.8 Å². The first-order chi connectivity index (χ1) is 16.7. The number of hydrogen-bond donors (Lipinski definition) is 0. The molecule has 0 radical (unpaired) electrons. The zero-order valence-electron chi connectivity index (χ0n) is 22.4. The van der Waals surface area contributed by atoms with E-state index in [-0.39, 0.29) is 23.8 Å². The molecule has 1 aromatic carbocycles. The van der Waals surface area contributed by atoms with Crippen LogP contribution in [0.2, 0.25) is 0 Å². The third kappa shape index (κ3) is 3.89. The number of esters is 3. The van der Waals surface area contributed by atoms with Gasteiger partial charge in [0.1, 0.15) is 28.6 Å². The Morgan fingerprint density at radius 2 is 1.69 bits per heavy atom. The van der Waals surface area contributed by atoms with Crippen molar-refractivity contribution in [2.24, 2.45) is 17.3 Å². The molecule has 0 spiro atoms. The van der Waals surface area contributed by atoms with Gasteiger partial charge in [-0.15, -0.1) is 0 Å². The van der Waals surface area contributed by atoms with Crippen molar-refractivity contribution < 1.29 is 33.3 Å². The Morgan fingerprint density at radius 3 is 2.31 bits per heavy atom. The van der Waals surface area contributed by atoms with E-state index in [0.29, 0.717) is 36.1 Å². The molecule has 2 heterocycles. The first-order valence-electron chi connectivity index (χ1n) is 12.5. The quantitative estimate of drug-likeness (QED) is 0.446. The second kappa shape index (κ2) is 8.60. The van der Waals surface area contributed by atoms with E-state index >= 15 is 0 Å². The van der Waals surface area contributed by atoms with Crippen LogP contribution >= 0.6 is 0 Å². The molecular formula is C28H36O8. The van der Waals surface area contributed by atoms with Crippen LogP contribution in [0.5, 0.6) is 5.75 Å². The number of cyclic esters (lactones) is 1. The van der Waals surface area contributed by atoms with E-state index in [0.717, 1.165) is 5.56 Å². The van der Waals surface area contributed by atoms with Crippen LogP contribution in [0.3, 0.4) is 0 Å². The number of aryl methyl sites for hydroxylation is 1. The molecule has 1 saturated carbocycles. The number of ether oxygens (including phenoxy) is 4. The lowest BCUT2D eigenvalue weighted by Gasteiger charge is -2.60. The molecule has 0 N–H and O–H groups in total. The molecule has 0 amide bonds. The molecule has 36 heavy (non-hydrogen) atoms. The maximum atomic E-state index is 13.3. The number of carbonyl (C=O) groups is 3. The summed E-state index contributed by atoms with van der Waals surface area (Å²) in [6.45, 7) is 12.7. The number of hydrogen-bond acceptors (Lipinski definition) is 8. The molecule has 8 heteroatoms. The highest BCUT2D eigenvalue weighted by atomic mass is 16.6. The molecule has 2 aliphatic heterocycles. The van der Waals surface area contributed by atoms with Gasteiger partial charge < -0.3 is 18.9 Å². The second-order valence-electron chi connectivity index (χ2n) is 11.5. The standard InChI is InChI=1S/C28H36O8/c1-14-11-17-12-19-27(6,36-24(17)15(2)23(31)22(14)25(32)33-8)10-9-18-26(4,5)35-21(30)13-20(28(18,19)7)34-16(3)29/h11,18-20H,9-10,12-13H2,1-8H3. The number of carbonyl (C=O) groups excluding carboxylic acids is 3. The molecule has 196 valence electrons. The Labute approximate surface area is 211 Å². The second-order valence-corrected chi connectivity index (χ2v) is 11.5. The van der Waals surface area contributed by atoms with Gasteiger partial charge in [-0.3, -0.25) is 14.4 Å². The summed E-state index contributed by atoms with van der Waals surface area (Å²) in [6.07, 6.45) is 1.15. The lowest BCUT2D eigenvalue weighted by Crippen LogP contribution is -2.64. The topological polar surface area (TPSA) is 105 Å². The van der Waals surface area contributed by atoms with Gasteiger partial charge in [0.2, 0.25) is 0 Å². The summed E-state index contributed by atoms with van der Waals surface area (Å²) in [5, 5.41) is 0. The fourth-order valence-corrected chi connectivity index (χ4v) is 7.28. The highest BCUT2D eigenvalue weighted by Gasteiger charge is 2.65. The lowest BCUT2D eigenvalue weighted by molar-refractivity contribution is -0.204. The molecule has 1 aromatic rings. The monoisotopic (exact) mass is 500 g/mol. The Kier molecular flexibility index (Phi) is 6.25. The van der Waals surface area contributed by atoms with Crippen LogP contribution in [-0.4, -0.2) is 42.3 Å². The highest BCUT2D eigenvalue weighted by molar-refractivity contribution is 5.91. The van der Waals surface area contributed by atoms with E-state index in [4.69, 9.17) is 18.9 Å². The van der Waals surface area contributed by atoms with Gasteiger partial charge in [0.05, 0.1) is 13.5 Å². The van der Waals surface area contributed by atoms with Crippen molar-refractivity contribution in [3.63, 3.8) is 0 Å². The van der Waals surface area contributed by atoms with E-state index in [1.165, 1.54) is 14.0 Å². The minimum Gasteiger partial charge on any atom is -0.487 e. The first-order valence-corrected chi connectivity index (χ1v) is 12.5. The molecular weight excluding hydrogens is 464 g/mol. The minimum atomic E-state index is -0.768. The molecule has 4 rings (SSSR count). The summed E-state index contributed by atoms with van der Waals surface area (Å²) >= 11 is 0. The van der Waals surface area contributed by atoms with Crippen LogP contribution in [0.15, 0.2) is 10.9 Å². The molecule has 5 atom stereocenters. The summed E-state index contributed by atoms with van der Waals surface area (Å²) in [5.41, 5.74) is -0.849. The van der Waals surface area contributed by atoms with Crippen molar-refractivity contribution in [1.29, 1.82) is 0 Å². The van der Waals surface area contributed by atoms with E-state index < -0.39 is 46.1 Å². The summed E-state index contributed by atoms with van der Waals surface area (Å²) < 4.78 is 23.3. The average molecular weight is 501 g/mol. The Morgan fingerprint density at radius 1 is 1.03 bits per heavy atom. The van der Waals surface area contributed by atoms with Crippen LogP contribution < -0.4 is 10.2 Å². The van der Waals surface area contributed by atoms with Gasteiger partial charge in [0.25, 0.3) is 0 Å². The molecule has 0 aromatic heterocycles. The van der Waals surface area contributed by atoms with Crippen molar-refractivity contribution in [2.75, 3.05) is 7.11 Å². The Bertz CT molecular complexity index is 1200. The first kappa shape index (κ1) is 26.2. The van der Waals surface area contributed by atoms with E-state index in [2.05, 4.69) is 6.92 Å². The molecule has 1 aliphatic carbocycles. The summed E-state index contributed by atoms with van der Waals surface area (Å²) in [6, 6.07) is 1.83. The third-order valence-electron chi connectivity index (χ3n) is 8.87. The third-order valence-corrected chi connectivity index (χ3v) is 8.87. The largest absolute Gasteiger partial charge is 0.487 e. The smallest absolute Gasteiger partial charge is 0.342 e. The summed E-state index contributed by atoms with van der Waals surface area (Å²) in [7, 11) is 1.25. The molecule has 5 unspecified atom stereocenters. The van der Waals surface area contributed by atoms with Crippen LogP contribution in [0.4, 0.5) is 0 Å². The van der Waals surface area contributed by atoms with Crippen LogP contribution in [0, 0.1) is 31.1 Å². The minimum absolute atomic E-state index is 0.00222. The molecule has 3 aliphatic rings. The Hall–Kier alpha value is -2.90. The van der Waals surface area contributed by atoms with Crippen LogP contribution in [0.1, 0.15) is 80.9 Å². The van der Waals surface area contributed by atoms with Gasteiger partial charge >= 0.3 is 17.9 Å². The zero-order chi connectivity index (χ0) is 26.8. The molecule has 1 saturated heterocycles. The molecule has 2 fully saturated rings. The van der Waals surface area contributed by atoms with Gasteiger partial charge in [-0.05, 0) is 65.0 Å². The van der Waals surface area contributed by atoms with Gasteiger partial charge in [0.15, 0.2) is 5.43 Å².